The molecule has 1 heterocycles. The molecule has 0 aromatic carbocycles. The number of hydrogen-bond acceptors (Lipinski definition) is 4. The van der Waals surface area contributed by atoms with Crippen molar-refractivity contribution in [3.8, 4) is 0 Å². The second-order valence-corrected chi connectivity index (χ2v) is 3.74. The van der Waals surface area contributed by atoms with Crippen LogP contribution in [0.4, 0.5) is 11.5 Å². The van der Waals surface area contributed by atoms with Crippen LogP contribution >= 0.6 is 0 Å². The van der Waals surface area contributed by atoms with E-state index >= 15 is 0 Å². The molecule has 0 spiro atoms. The molecular formula is C11H18N4O. The second-order valence-electron chi connectivity index (χ2n) is 3.74. The lowest BCUT2D eigenvalue weighted by atomic mass is 10.3. The van der Waals surface area contributed by atoms with Crippen molar-refractivity contribution >= 4 is 17.4 Å². The number of amides is 1. The van der Waals surface area contributed by atoms with Gasteiger partial charge in [0, 0.05) is 19.8 Å². The number of rotatable bonds is 4. The predicted octanol–water partition coefficient (Wildman–Crippen LogP) is 0.545. The Kier molecular flexibility index (Phi) is 4.10. The van der Waals surface area contributed by atoms with Gasteiger partial charge in [-0.2, -0.15) is 0 Å². The summed E-state index contributed by atoms with van der Waals surface area (Å²) in [6.07, 6.45) is 1.74. The Labute approximate surface area is 95.7 Å². The van der Waals surface area contributed by atoms with Gasteiger partial charge in [0.05, 0.1) is 12.2 Å². The predicted molar refractivity (Wildman–Crippen MR) is 65.3 cm³/mol. The van der Waals surface area contributed by atoms with Crippen LogP contribution in [0.15, 0.2) is 12.3 Å². The fourth-order valence-corrected chi connectivity index (χ4v) is 1.45. The Bertz CT molecular complexity index is 378. The monoisotopic (exact) mass is 222 g/mol. The summed E-state index contributed by atoms with van der Waals surface area (Å²) < 4.78 is 0. The minimum absolute atomic E-state index is 0.0354. The number of nitrogen functional groups attached to an aromatic ring is 1. The Morgan fingerprint density at radius 2 is 2.31 bits per heavy atom. The second kappa shape index (κ2) is 5.34. The van der Waals surface area contributed by atoms with Gasteiger partial charge in [0.1, 0.15) is 0 Å². The number of carbonyl (C=O) groups is 1. The van der Waals surface area contributed by atoms with Gasteiger partial charge < -0.3 is 16.0 Å². The van der Waals surface area contributed by atoms with Gasteiger partial charge >= 0.3 is 0 Å². The smallest absolute Gasteiger partial charge is 0.239 e. The van der Waals surface area contributed by atoms with E-state index in [2.05, 4.69) is 10.3 Å². The van der Waals surface area contributed by atoms with Crippen LogP contribution in [0, 0.1) is 6.92 Å². The first-order chi connectivity index (χ1) is 7.54. The van der Waals surface area contributed by atoms with E-state index in [1.165, 1.54) is 0 Å². The Morgan fingerprint density at radius 3 is 2.88 bits per heavy atom. The molecule has 0 bridgehead atoms. The lowest BCUT2D eigenvalue weighted by Crippen LogP contribution is -2.35. The summed E-state index contributed by atoms with van der Waals surface area (Å²) in [7, 11) is 1.79. The van der Waals surface area contributed by atoms with Gasteiger partial charge in [-0.1, -0.05) is 0 Å². The van der Waals surface area contributed by atoms with E-state index < -0.39 is 0 Å². The van der Waals surface area contributed by atoms with E-state index in [0.29, 0.717) is 18.1 Å². The molecule has 1 rings (SSSR count). The van der Waals surface area contributed by atoms with Crippen molar-refractivity contribution in [2.24, 2.45) is 0 Å². The maximum absolute atomic E-state index is 11.4. The fraction of sp³-hybridized carbons (Fsp3) is 0.455. The molecule has 0 fully saturated rings. The number of hydrogen-bond donors (Lipinski definition) is 2. The number of pyridine rings is 1. The lowest BCUT2D eigenvalue weighted by Gasteiger charge is -2.19. The van der Waals surface area contributed by atoms with E-state index in [1.54, 1.807) is 18.1 Å². The van der Waals surface area contributed by atoms with E-state index in [9.17, 15) is 4.79 Å². The third kappa shape index (κ3) is 3.12. The molecule has 5 heteroatoms. The molecule has 0 aliphatic carbocycles. The van der Waals surface area contributed by atoms with Crippen molar-refractivity contribution in [2.75, 3.05) is 30.8 Å². The Hall–Kier alpha value is -1.78. The van der Waals surface area contributed by atoms with Gasteiger partial charge in [0.15, 0.2) is 5.82 Å². The first-order valence-corrected chi connectivity index (χ1v) is 5.24. The molecule has 88 valence electrons. The largest absolute Gasteiger partial charge is 0.396 e. The van der Waals surface area contributed by atoms with Crippen LogP contribution in [0.1, 0.15) is 12.5 Å². The molecule has 0 saturated carbocycles. The van der Waals surface area contributed by atoms with Gasteiger partial charge in [-0.25, -0.2) is 4.98 Å². The normalized spacial score (nSPS) is 9.94. The van der Waals surface area contributed by atoms with Gasteiger partial charge in [-0.05, 0) is 25.5 Å². The quantitative estimate of drug-likeness (QED) is 0.780. The third-order valence-electron chi connectivity index (χ3n) is 2.15. The molecule has 0 unspecified atom stereocenters. The van der Waals surface area contributed by atoms with Crippen molar-refractivity contribution in [1.82, 2.24) is 10.3 Å². The zero-order chi connectivity index (χ0) is 12.1. The van der Waals surface area contributed by atoms with Crippen molar-refractivity contribution in [2.45, 2.75) is 13.8 Å². The molecule has 0 aliphatic rings. The van der Waals surface area contributed by atoms with Crippen molar-refractivity contribution in [1.29, 1.82) is 0 Å². The van der Waals surface area contributed by atoms with Crippen LogP contribution in [0.25, 0.3) is 0 Å². The number of carbonyl (C=O) groups excluding carboxylic acids is 1. The van der Waals surface area contributed by atoms with E-state index in [-0.39, 0.29) is 12.5 Å². The number of nitrogens with one attached hydrogen (secondary N) is 1. The molecule has 16 heavy (non-hydrogen) atoms. The van der Waals surface area contributed by atoms with Crippen molar-refractivity contribution in [3.63, 3.8) is 0 Å². The zero-order valence-corrected chi connectivity index (χ0v) is 9.95. The van der Waals surface area contributed by atoms with Crippen molar-refractivity contribution < 1.29 is 4.79 Å². The molecule has 5 nitrogen and oxygen atoms in total. The van der Waals surface area contributed by atoms with Crippen LogP contribution in [0.5, 0.6) is 0 Å². The average molecular weight is 222 g/mol. The molecule has 3 N–H and O–H groups in total. The highest BCUT2D eigenvalue weighted by atomic mass is 16.2. The maximum Gasteiger partial charge on any atom is 0.239 e. The number of anilines is 2. The number of aryl methyl sites for hydroxylation is 1. The molecule has 1 aromatic heterocycles. The van der Waals surface area contributed by atoms with E-state index in [4.69, 9.17) is 5.73 Å². The first kappa shape index (κ1) is 12.3. The van der Waals surface area contributed by atoms with Gasteiger partial charge in [0.25, 0.3) is 0 Å². The molecule has 1 aromatic rings. The average Bonchev–Trinajstić information content (AvgIpc) is 2.17. The summed E-state index contributed by atoms with van der Waals surface area (Å²) in [6, 6.07) is 1.84. The lowest BCUT2D eigenvalue weighted by molar-refractivity contribution is -0.119. The van der Waals surface area contributed by atoms with Crippen LogP contribution in [0.2, 0.25) is 0 Å². The third-order valence-corrected chi connectivity index (χ3v) is 2.15. The minimum atomic E-state index is -0.0354. The van der Waals surface area contributed by atoms with Crippen LogP contribution < -0.4 is 16.0 Å². The van der Waals surface area contributed by atoms with Gasteiger partial charge in [0.2, 0.25) is 5.91 Å². The van der Waals surface area contributed by atoms with Crippen LogP contribution in [-0.2, 0) is 4.79 Å². The SMILES string of the molecule is CCNC(=O)CN(C)c1ncc(C)cc1N. The van der Waals surface area contributed by atoms with Crippen LogP contribution in [-0.4, -0.2) is 31.0 Å². The highest BCUT2D eigenvalue weighted by Gasteiger charge is 2.10. The number of nitrogens with two attached hydrogens (primary N) is 1. The van der Waals surface area contributed by atoms with Gasteiger partial charge in [-0.15, -0.1) is 0 Å². The van der Waals surface area contributed by atoms with E-state index in [0.717, 1.165) is 5.56 Å². The Morgan fingerprint density at radius 1 is 1.62 bits per heavy atom. The van der Waals surface area contributed by atoms with Gasteiger partial charge in [-0.3, -0.25) is 4.79 Å². The number of aromatic nitrogens is 1. The molecule has 1 amide bonds. The highest BCUT2D eigenvalue weighted by molar-refractivity contribution is 5.82. The summed E-state index contributed by atoms with van der Waals surface area (Å²) >= 11 is 0. The summed E-state index contributed by atoms with van der Waals surface area (Å²) in [4.78, 5) is 17.3. The molecule has 0 saturated heterocycles. The van der Waals surface area contributed by atoms with E-state index in [1.807, 2.05) is 19.9 Å². The van der Waals surface area contributed by atoms with Crippen LogP contribution in [0.3, 0.4) is 0 Å². The number of nitrogens with zero attached hydrogens (tertiary/aromatic N) is 2. The summed E-state index contributed by atoms with van der Waals surface area (Å²) in [6.45, 7) is 4.70. The zero-order valence-electron chi connectivity index (χ0n) is 9.95. The standard InChI is InChI=1S/C11H18N4O/c1-4-13-10(16)7-15(3)11-9(12)5-8(2)6-14-11/h5-6H,4,7,12H2,1-3H3,(H,13,16). The molecule has 0 aliphatic heterocycles. The molecule has 0 radical (unpaired) electrons. The highest BCUT2D eigenvalue weighted by Crippen LogP contribution is 2.19. The molecule has 0 atom stereocenters. The van der Waals surface area contributed by atoms with Crippen molar-refractivity contribution in [3.05, 3.63) is 17.8 Å². The summed E-state index contributed by atoms with van der Waals surface area (Å²) in [5.74, 6) is 0.601. The molecular weight excluding hydrogens is 204 g/mol. The minimum Gasteiger partial charge on any atom is -0.396 e. The fourth-order valence-electron chi connectivity index (χ4n) is 1.45. The topological polar surface area (TPSA) is 71.2 Å². The number of likely N-dealkylation sites (N-methyl/N-ethyl adjacent to an activating group) is 2. The maximum atomic E-state index is 11.4. The first-order valence-electron chi connectivity index (χ1n) is 5.24. The Balaban J connectivity index is 2.72. The summed E-state index contributed by atoms with van der Waals surface area (Å²) in [5.41, 5.74) is 7.43. The summed E-state index contributed by atoms with van der Waals surface area (Å²) in [5, 5.41) is 2.73.